The summed E-state index contributed by atoms with van der Waals surface area (Å²) >= 11 is 0. The van der Waals surface area contributed by atoms with Crippen molar-refractivity contribution in [1.82, 2.24) is 14.5 Å². The van der Waals surface area contributed by atoms with E-state index in [1.165, 1.54) is 0 Å². The zero-order valence-electron chi connectivity index (χ0n) is 14.4. The number of halogens is 1. The van der Waals surface area contributed by atoms with Gasteiger partial charge in [0.15, 0.2) is 0 Å². The molecular weight excluding hydrogens is 346 g/mol. The predicted octanol–water partition coefficient (Wildman–Crippen LogP) is 1.90. The van der Waals surface area contributed by atoms with E-state index >= 15 is 0 Å². The fourth-order valence-electron chi connectivity index (χ4n) is 3.61. The summed E-state index contributed by atoms with van der Waals surface area (Å²) in [5.41, 5.74) is 0.915. The molecule has 2 aliphatic heterocycles. The average Bonchev–Trinajstić information content (AvgIpc) is 3.06. The zero-order chi connectivity index (χ0) is 16.4. The zero-order valence-corrected chi connectivity index (χ0v) is 16.1. The van der Waals surface area contributed by atoms with Crippen molar-refractivity contribution in [2.45, 2.75) is 37.1 Å². The Morgan fingerprint density at radius 3 is 2.46 bits per heavy atom. The summed E-state index contributed by atoms with van der Waals surface area (Å²) in [6, 6.07) is 7.78. The number of piperazine rings is 1. The number of benzene rings is 1. The van der Waals surface area contributed by atoms with Crippen molar-refractivity contribution < 1.29 is 8.42 Å². The SMILES string of the molecule is CC(C)c1ccccc1S(=O)(=O)N1CCC(N2CCNCC2)C1.Cl. The highest BCUT2D eigenvalue weighted by Gasteiger charge is 2.36. The minimum Gasteiger partial charge on any atom is -0.314 e. The molecule has 0 bridgehead atoms. The lowest BCUT2D eigenvalue weighted by Crippen LogP contribution is -2.49. The van der Waals surface area contributed by atoms with E-state index in [1.807, 2.05) is 32.0 Å². The Labute approximate surface area is 151 Å². The number of nitrogens with one attached hydrogen (secondary N) is 1. The smallest absolute Gasteiger partial charge is 0.243 e. The van der Waals surface area contributed by atoms with E-state index in [4.69, 9.17) is 0 Å². The molecule has 1 N–H and O–H groups in total. The second kappa shape index (κ2) is 8.15. The third kappa shape index (κ3) is 3.94. The molecule has 0 saturated carbocycles. The Bertz CT molecular complexity index is 645. The van der Waals surface area contributed by atoms with Crippen LogP contribution in [-0.2, 0) is 10.0 Å². The van der Waals surface area contributed by atoms with Gasteiger partial charge in [-0.3, -0.25) is 4.90 Å². The van der Waals surface area contributed by atoms with Gasteiger partial charge in [-0.25, -0.2) is 8.42 Å². The lowest BCUT2D eigenvalue weighted by atomic mass is 10.0. The average molecular weight is 374 g/mol. The van der Waals surface area contributed by atoms with Gasteiger partial charge in [0.25, 0.3) is 0 Å². The van der Waals surface area contributed by atoms with E-state index in [2.05, 4.69) is 10.2 Å². The summed E-state index contributed by atoms with van der Waals surface area (Å²) in [6.45, 7) is 9.36. The van der Waals surface area contributed by atoms with Crippen molar-refractivity contribution in [3.05, 3.63) is 29.8 Å². The van der Waals surface area contributed by atoms with Gasteiger partial charge in [-0.2, -0.15) is 4.31 Å². The maximum Gasteiger partial charge on any atom is 0.243 e. The summed E-state index contributed by atoms with van der Waals surface area (Å²) in [5.74, 6) is 0.201. The molecule has 5 nitrogen and oxygen atoms in total. The first-order valence-electron chi connectivity index (χ1n) is 8.54. The monoisotopic (exact) mass is 373 g/mol. The maximum atomic E-state index is 13.1. The summed E-state index contributed by atoms with van der Waals surface area (Å²) in [5, 5.41) is 3.35. The number of rotatable bonds is 4. The number of nitrogens with zero attached hydrogens (tertiary/aromatic N) is 2. The van der Waals surface area contributed by atoms with Gasteiger partial charge in [0.1, 0.15) is 0 Å². The molecule has 0 aromatic heterocycles. The minimum atomic E-state index is -3.39. The second-order valence-corrected chi connectivity index (χ2v) is 8.69. The topological polar surface area (TPSA) is 52.7 Å². The van der Waals surface area contributed by atoms with Gasteiger partial charge in [-0.15, -0.1) is 12.4 Å². The highest BCUT2D eigenvalue weighted by atomic mass is 35.5. The van der Waals surface area contributed by atoms with Gasteiger partial charge in [0.2, 0.25) is 10.0 Å². The van der Waals surface area contributed by atoms with Crippen molar-refractivity contribution in [1.29, 1.82) is 0 Å². The number of hydrogen-bond acceptors (Lipinski definition) is 4. The van der Waals surface area contributed by atoms with E-state index in [9.17, 15) is 8.42 Å². The first kappa shape index (κ1) is 19.7. The first-order valence-corrected chi connectivity index (χ1v) is 9.98. The Morgan fingerprint density at radius 1 is 1.12 bits per heavy atom. The maximum absolute atomic E-state index is 13.1. The van der Waals surface area contributed by atoms with Crippen molar-refractivity contribution in [3.63, 3.8) is 0 Å². The lowest BCUT2D eigenvalue weighted by molar-refractivity contribution is 0.179. The molecule has 0 radical (unpaired) electrons. The van der Waals surface area contributed by atoms with Crippen LogP contribution in [0.25, 0.3) is 0 Å². The molecule has 1 aromatic rings. The normalized spacial score (nSPS) is 23.4. The van der Waals surface area contributed by atoms with Gasteiger partial charge in [0.05, 0.1) is 4.90 Å². The Morgan fingerprint density at radius 2 is 1.79 bits per heavy atom. The van der Waals surface area contributed by atoms with Gasteiger partial charge >= 0.3 is 0 Å². The molecule has 1 atom stereocenters. The van der Waals surface area contributed by atoms with Gasteiger partial charge < -0.3 is 5.32 Å². The molecule has 2 heterocycles. The van der Waals surface area contributed by atoms with Crippen LogP contribution in [0.1, 0.15) is 31.7 Å². The fourth-order valence-corrected chi connectivity index (χ4v) is 5.45. The summed E-state index contributed by atoms with van der Waals surface area (Å²) in [6.07, 6.45) is 0.934. The van der Waals surface area contributed by atoms with Crippen molar-refractivity contribution in [2.75, 3.05) is 39.3 Å². The van der Waals surface area contributed by atoms with Crippen molar-refractivity contribution >= 4 is 22.4 Å². The van der Waals surface area contributed by atoms with Crippen LogP contribution in [-0.4, -0.2) is 62.9 Å². The van der Waals surface area contributed by atoms with Gasteiger partial charge in [0, 0.05) is 45.3 Å². The highest BCUT2D eigenvalue weighted by Crippen LogP contribution is 2.29. The van der Waals surface area contributed by atoms with E-state index < -0.39 is 10.0 Å². The molecule has 2 aliphatic rings. The van der Waals surface area contributed by atoms with Crippen LogP contribution >= 0.6 is 12.4 Å². The molecule has 136 valence electrons. The van der Waals surface area contributed by atoms with E-state index in [-0.39, 0.29) is 18.3 Å². The first-order chi connectivity index (χ1) is 11.0. The summed E-state index contributed by atoms with van der Waals surface area (Å²) < 4.78 is 27.8. The van der Waals surface area contributed by atoms with E-state index in [0.29, 0.717) is 24.0 Å². The van der Waals surface area contributed by atoms with Crippen molar-refractivity contribution in [2.24, 2.45) is 0 Å². The molecule has 0 aliphatic carbocycles. The molecule has 2 saturated heterocycles. The van der Waals surface area contributed by atoms with Crippen LogP contribution in [0.2, 0.25) is 0 Å². The molecule has 3 rings (SSSR count). The van der Waals surface area contributed by atoms with Crippen LogP contribution < -0.4 is 5.32 Å². The Kier molecular flexibility index (Phi) is 6.67. The predicted molar refractivity (Wildman–Crippen MR) is 99.4 cm³/mol. The molecular formula is C17H28ClN3O2S. The number of hydrogen-bond donors (Lipinski definition) is 1. The fraction of sp³-hybridized carbons (Fsp3) is 0.647. The largest absolute Gasteiger partial charge is 0.314 e. The third-order valence-corrected chi connectivity index (χ3v) is 6.89. The summed E-state index contributed by atoms with van der Waals surface area (Å²) in [4.78, 5) is 2.91. The van der Waals surface area contributed by atoms with E-state index in [1.54, 1.807) is 10.4 Å². The molecule has 0 spiro atoms. The van der Waals surface area contributed by atoms with E-state index in [0.717, 1.165) is 38.2 Å². The standard InChI is InChI=1S/C17H27N3O2S.ClH/c1-14(2)16-5-3-4-6-17(16)23(21,22)20-10-7-15(13-20)19-11-8-18-9-12-19;/h3-6,14-15,18H,7-13H2,1-2H3;1H. The second-order valence-electron chi connectivity index (χ2n) is 6.78. The molecule has 1 aromatic carbocycles. The van der Waals surface area contributed by atoms with Crippen LogP contribution in [0.15, 0.2) is 29.2 Å². The van der Waals surface area contributed by atoms with Crippen LogP contribution in [0.4, 0.5) is 0 Å². The molecule has 7 heteroatoms. The summed E-state index contributed by atoms with van der Waals surface area (Å²) in [7, 11) is -3.39. The lowest BCUT2D eigenvalue weighted by Gasteiger charge is -2.32. The third-order valence-electron chi connectivity index (χ3n) is 4.95. The van der Waals surface area contributed by atoms with Crippen LogP contribution in [0.5, 0.6) is 0 Å². The van der Waals surface area contributed by atoms with Crippen LogP contribution in [0.3, 0.4) is 0 Å². The Balaban J connectivity index is 0.00000208. The number of sulfonamides is 1. The molecule has 2 fully saturated rings. The quantitative estimate of drug-likeness (QED) is 0.875. The van der Waals surface area contributed by atoms with Gasteiger partial charge in [-0.05, 0) is 24.0 Å². The Hall–Kier alpha value is -0.660. The molecule has 24 heavy (non-hydrogen) atoms. The molecule has 1 unspecified atom stereocenters. The highest BCUT2D eigenvalue weighted by molar-refractivity contribution is 7.89. The molecule has 0 amide bonds. The van der Waals surface area contributed by atoms with Crippen molar-refractivity contribution in [3.8, 4) is 0 Å². The van der Waals surface area contributed by atoms with Crippen LogP contribution in [0, 0.1) is 0 Å². The minimum absolute atomic E-state index is 0. The van der Waals surface area contributed by atoms with Gasteiger partial charge in [-0.1, -0.05) is 32.0 Å².